The molecule has 5 heteroatoms. The summed E-state index contributed by atoms with van der Waals surface area (Å²) < 4.78 is 0. The fourth-order valence-electron chi connectivity index (χ4n) is 3.17. The third kappa shape index (κ3) is 4.82. The van der Waals surface area contributed by atoms with Crippen LogP contribution in [0.15, 0.2) is 52.8 Å². The Morgan fingerprint density at radius 3 is 2.67 bits per heavy atom. The molecule has 0 radical (unpaired) electrons. The van der Waals surface area contributed by atoms with E-state index in [-0.39, 0.29) is 0 Å². The largest absolute Gasteiger partial charge is 0.370 e. The molecule has 1 atom stereocenters. The highest BCUT2D eigenvalue weighted by atomic mass is 32.1. The first-order valence-electron chi connectivity index (χ1n) is 8.68. The zero-order chi connectivity index (χ0) is 16.6. The second-order valence-electron chi connectivity index (χ2n) is 6.15. The molecule has 128 valence electrons. The topological polar surface area (TPSA) is 53.6 Å². The minimum Gasteiger partial charge on any atom is -0.370 e. The Labute approximate surface area is 148 Å². The summed E-state index contributed by atoms with van der Waals surface area (Å²) in [5.41, 5.74) is 7.39. The van der Waals surface area contributed by atoms with E-state index < -0.39 is 0 Å². The molecule has 0 saturated carbocycles. The Balaban J connectivity index is 1.55. The van der Waals surface area contributed by atoms with Gasteiger partial charge in [-0.2, -0.15) is 0 Å². The number of nitrogens with one attached hydrogen (secondary N) is 1. The van der Waals surface area contributed by atoms with Gasteiger partial charge < -0.3 is 11.1 Å². The summed E-state index contributed by atoms with van der Waals surface area (Å²) >= 11 is 1.78. The maximum atomic E-state index is 6.06. The number of nitrogens with two attached hydrogens (primary N) is 1. The van der Waals surface area contributed by atoms with Crippen molar-refractivity contribution in [2.45, 2.75) is 25.3 Å². The monoisotopic (exact) mass is 342 g/mol. The molecule has 3 N–H and O–H groups in total. The van der Waals surface area contributed by atoms with Gasteiger partial charge in [-0.15, -0.1) is 11.3 Å². The smallest absolute Gasteiger partial charge is 0.188 e. The van der Waals surface area contributed by atoms with E-state index in [9.17, 15) is 0 Å². The lowest BCUT2D eigenvalue weighted by Crippen LogP contribution is -2.35. The summed E-state index contributed by atoms with van der Waals surface area (Å²) in [7, 11) is 0. The number of rotatable bonds is 7. The molecule has 2 heterocycles. The molecular weight excluding hydrogens is 316 g/mol. The van der Waals surface area contributed by atoms with Gasteiger partial charge in [-0.1, -0.05) is 36.4 Å². The molecule has 1 aliphatic rings. The molecule has 1 unspecified atom stereocenters. The van der Waals surface area contributed by atoms with Gasteiger partial charge in [0, 0.05) is 11.4 Å². The normalized spacial score (nSPS) is 17.1. The van der Waals surface area contributed by atoms with E-state index in [0.29, 0.717) is 18.5 Å². The molecule has 4 nitrogen and oxygen atoms in total. The summed E-state index contributed by atoms with van der Waals surface area (Å²) in [5.74, 6) is 0.548. The van der Waals surface area contributed by atoms with Crippen molar-refractivity contribution in [1.29, 1.82) is 0 Å². The molecule has 3 rings (SSSR count). The first-order valence-corrected chi connectivity index (χ1v) is 9.56. The maximum Gasteiger partial charge on any atom is 0.188 e. The van der Waals surface area contributed by atoms with Crippen LogP contribution in [0.1, 0.15) is 29.3 Å². The van der Waals surface area contributed by atoms with Crippen molar-refractivity contribution < 1.29 is 0 Å². The molecule has 0 bridgehead atoms. The number of nitrogens with zero attached hydrogens (tertiary/aromatic N) is 2. The highest BCUT2D eigenvalue weighted by Gasteiger charge is 2.23. The summed E-state index contributed by atoms with van der Waals surface area (Å²) in [6, 6.07) is 15.2. The van der Waals surface area contributed by atoms with Gasteiger partial charge in [0.1, 0.15) is 0 Å². The summed E-state index contributed by atoms with van der Waals surface area (Å²) in [4.78, 5) is 8.50. The van der Waals surface area contributed by atoms with Crippen molar-refractivity contribution in [3.8, 4) is 0 Å². The van der Waals surface area contributed by atoms with Crippen molar-refractivity contribution in [2.75, 3.05) is 26.2 Å². The van der Waals surface area contributed by atoms with Crippen LogP contribution in [0, 0.1) is 0 Å². The Bertz CT molecular complexity index is 618. The van der Waals surface area contributed by atoms with E-state index in [4.69, 9.17) is 5.73 Å². The third-order valence-corrected chi connectivity index (χ3v) is 5.39. The number of likely N-dealkylation sites (tertiary alicyclic amines) is 1. The highest BCUT2D eigenvalue weighted by molar-refractivity contribution is 7.09. The number of aliphatic imine (C=N–C) groups is 1. The van der Waals surface area contributed by atoms with E-state index in [1.54, 1.807) is 11.3 Å². The lowest BCUT2D eigenvalue weighted by molar-refractivity contribution is 0.251. The molecule has 1 fully saturated rings. The van der Waals surface area contributed by atoms with Gasteiger partial charge in [0.05, 0.1) is 12.6 Å². The average molecular weight is 343 g/mol. The van der Waals surface area contributed by atoms with Crippen LogP contribution in [0.3, 0.4) is 0 Å². The van der Waals surface area contributed by atoms with Gasteiger partial charge in [-0.3, -0.25) is 9.89 Å². The van der Waals surface area contributed by atoms with Gasteiger partial charge in [0.25, 0.3) is 0 Å². The lowest BCUT2D eigenvalue weighted by Gasteiger charge is -2.26. The zero-order valence-corrected chi connectivity index (χ0v) is 14.8. The van der Waals surface area contributed by atoms with E-state index >= 15 is 0 Å². The predicted octanol–water partition coefficient (Wildman–Crippen LogP) is 3.03. The number of benzene rings is 1. The predicted molar refractivity (Wildman–Crippen MR) is 103 cm³/mol. The first kappa shape index (κ1) is 17.0. The lowest BCUT2D eigenvalue weighted by atomic mass is 10.1. The second kappa shape index (κ2) is 8.85. The van der Waals surface area contributed by atoms with Gasteiger partial charge >= 0.3 is 0 Å². The molecule has 0 aliphatic carbocycles. The molecule has 0 spiro atoms. The van der Waals surface area contributed by atoms with E-state index in [0.717, 1.165) is 26.1 Å². The van der Waals surface area contributed by atoms with Crippen molar-refractivity contribution >= 4 is 17.3 Å². The number of guanidine groups is 1. The highest BCUT2D eigenvalue weighted by Crippen LogP contribution is 2.25. The van der Waals surface area contributed by atoms with Crippen LogP contribution in [0.25, 0.3) is 0 Å². The second-order valence-corrected chi connectivity index (χ2v) is 7.18. The van der Waals surface area contributed by atoms with Crippen LogP contribution in [0.4, 0.5) is 0 Å². The number of hydrogen-bond acceptors (Lipinski definition) is 3. The fourth-order valence-corrected chi connectivity index (χ4v) is 3.88. The van der Waals surface area contributed by atoms with Crippen molar-refractivity contribution in [3.05, 3.63) is 58.3 Å². The minimum absolute atomic E-state index is 0.325. The van der Waals surface area contributed by atoms with Crippen molar-refractivity contribution in [3.63, 3.8) is 0 Å². The van der Waals surface area contributed by atoms with E-state index in [1.807, 2.05) is 0 Å². The minimum atomic E-state index is 0.325. The van der Waals surface area contributed by atoms with Crippen LogP contribution in [-0.4, -0.2) is 37.0 Å². The number of hydrogen-bond donors (Lipinski definition) is 2. The van der Waals surface area contributed by atoms with Gasteiger partial charge in [0.15, 0.2) is 5.96 Å². The Kier molecular flexibility index (Phi) is 6.26. The van der Waals surface area contributed by atoms with Crippen molar-refractivity contribution in [2.24, 2.45) is 10.7 Å². The third-order valence-electron chi connectivity index (χ3n) is 4.46. The van der Waals surface area contributed by atoms with Crippen LogP contribution < -0.4 is 11.1 Å². The number of thiophene rings is 1. The van der Waals surface area contributed by atoms with Crippen LogP contribution in [0.2, 0.25) is 0 Å². The Morgan fingerprint density at radius 1 is 1.17 bits per heavy atom. The van der Waals surface area contributed by atoms with Crippen LogP contribution in [-0.2, 0) is 6.42 Å². The van der Waals surface area contributed by atoms with Crippen molar-refractivity contribution in [1.82, 2.24) is 10.2 Å². The molecule has 1 aromatic carbocycles. The van der Waals surface area contributed by atoms with Crippen LogP contribution >= 0.6 is 11.3 Å². The molecular formula is C19H26N4S. The zero-order valence-electron chi connectivity index (χ0n) is 14.0. The van der Waals surface area contributed by atoms with Gasteiger partial charge in [-0.25, -0.2) is 0 Å². The molecule has 2 aromatic rings. The Hall–Kier alpha value is -1.85. The average Bonchev–Trinajstić information content (AvgIpc) is 3.30. The van der Waals surface area contributed by atoms with Gasteiger partial charge in [0.2, 0.25) is 0 Å². The van der Waals surface area contributed by atoms with E-state index in [2.05, 4.69) is 63.1 Å². The SMILES string of the molecule is NC(=NCC(c1ccccc1)N1CCCC1)NCCc1cccs1. The molecule has 0 amide bonds. The van der Waals surface area contributed by atoms with Crippen LogP contribution in [0.5, 0.6) is 0 Å². The van der Waals surface area contributed by atoms with Gasteiger partial charge in [-0.05, 0) is 49.4 Å². The molecule has 1 aromatic heterocycles. The molecule has 1 aliphatic heterocycles. The summed E-state index contributed by atoms with van der Waals surface area (Å²) in [5, 5.41) is 5.34. The van der Waals surface area contributed by atoms with E-state index in [1.165, 1.54) is 23.3 Å². The summed E-state index contributed by atoms with van der Waals surface area (Å²) in [6.07, 6.45) is 3.55. The summed E-state index contributed by atoms with van der Waals surface area (Å²) in [6.45, 7) is 3.85. The maximum absolute atomic E-state index is 6.06. The Morgan fingerprint density at radius 2 is 1.96 bits per heavy atom. The standard InChI is InChI=1S/C19H26N4S/c20-19(21-11-10-17-9-6-14-24-17)22-15-18(23-12-4-5-13-23)16-7-2-1-3-8-16/h1-3,6-9,14,18H,4-5,10-13,15H2,(H3,20,21,22). The first-order chi connectivity index (χ1) is 11.8. The molecule has 1 saturated heterocycles. The fraction of sp³-hybridized carbons (Fsp3) is 0.421. The molecule has 24 heavy (non-hydrogen) atoms. The quantitative estimate of drug-likeness (QED) is 0.601.